The van der Waals surface area contributed by atoms with E-state index in [1.807, 2.05) is 6.07 Å². The number of rotatable bonds is 8. The lowest BCUT2D eigenvalue weighted by molar-refractivity contribution is -0.118. The summed E-state index contributed by atoms with van der Waals surface area (Å²) in [5.41, 5.74) is 12.1. The molecule has 1 aromatic carbocycles. The van der Waals surface area contributed by atoms with Gasteiger partial charge in [-0.15, -0.1) is 0 Å². The third-order valence-corrected chi connectivity index (χ3v) is 3.46. The molecule has 0 radical (unpaired) electrons. The van der Waals surface area contributed by atoms with E-state index in [9.17, 15) is 4.79 Å². The molecule has 0 aliphatic heterocycles. The molecule has 20 heavy (non-hydrogen) atoms. The minimum Gasteiger partial charge on any atom is -0.495 e. The second kappa shape index (κ2) is 7.97. The van der Waals surface area contributed by atoms with Crippen LogP contribution in [0.4, 0.5) is 0 Å². The maximum Gasteiger partial charge on any atom is 0.217 e. The molecule has 0 saturated carbocycles. The Balaban J connectivity index is 2.74. The largest absolute Gasteiger partial charge is 0.495 e. The lowest BCUT2D eigenvalue weighted by atomic mass is 10.00. The number of carbonyl (C=O) groups is 1. The van der Waals surface area contributed by atoms with Crippen LogP contribution in [0.1, 0.15) is 37.3 Å². The van der Waals surface area contributed by atoms with Crippen molar-refractivity contribution in [2.75, 3.05) is 14.2 Å². The molecule has 1 amide bonds. The van der Waals surface area contributed by atoms with Crippen LogP contribution in [0.3, 0.4) is 0 Å². The van der Waals surface area contributed by atoms with E-state index in [0.29, 0.717) is 22.9 Å². The Morgan fingerprint density at radius 1 is 1.30 bits per heavy atom. The van der Waals surface area contributed by atoms with Gasteiger partial charge in [0.05, 0.1) is 14.2 Å². The van der Waals surface area contributed by atoms with Gasteiger partial charge in [0.2, 0.25) is 5.91 Å². The molecule has 6 heteroatoms. The Kier molecular flexibility index (Phi) is 6.61. The number of amides is 1. The second-order valence-corrected chi connectivity index (χ2v) is 4.90. The Hall–Kier alpha value is -1.46. The van der Waals surface area contributed by atoms with Crippen LogP contribution >= 0.6 is 11.6 Å². The fourth-order valence-corrected chi connectivity index (χ4v) is 2.36. The number of unbranched alkanes of at least 4 members (excludes halogenated alkanes) is 1. The summed E-state index contributed by atoms with van der Waals surface area (Å²) in [6.07, 6.45) is 2.66. The monoisotopic (exact) mass is 300 g/mol. The molecular weight excluding hydrogens is 280 g/mol. The fraction of sp³-hybridized carbons (Fsp3) is 0.500. The Bertz CT molecular complexity index is 466. The van der Waals surface area contributed by atoms with E-state index in [1.165, 1.54) is 0 Å². The van der Waals surface area contributed by atoms with Crippen LogP contribution in [-0.4, -0.2) is 20.1 Å². The standard InChI is InChI=1S/C14H21ClN2O3/c1-19-11-8-7-9(14(20-2)13(11)15)10(16)5-3-4-6-12(17)18/h7-8,10H,3-6,16H2,1-2H3,(H2,17,18). The zero-order chi connectivity index (χ0) is 15.1. The molecule has 0 saturated heterocycles. The van der Waals surface area contributed by atoms with Crippen molar-refractivity contribution in [1.29, 1.82) is 0 Å². The molecule has 0 aliphatic rings. The van der Waals surface area contributed by atoms with Gasteiger partial charge in [-0.1, -0.05) is 18.0 Å². The average Bonchev–Trinajstić information content (AvgIpc) is 2.42. The first-order valence-electron chi connectivity index (χ1n) is 6.45. The summed E-state index contributed by atoms with van der Waals surface area (Å²) in [5.74, 6) is 0.797. The summed E-state index contributed by atoms with van der Waals surface area (Å²) in [6.45, 7) is 0. The quantitative estimate of drug-likeness (QED) is 0.722. The SMILES string of the molecule is COc1ccc(C(N)CCCCC(N)=O)c(OC)c1Cl. The highest BCUT2D eigenvalue weighted by atomic mass is 35.5. The molecule has 1 unspecified atom stereocenters. The zero-order valence-corrected chi connectivity index (χ0v) is 12.6. The smallest absolute Gasteiger partial charge is 0.217 e. The first-order chi connectivity index (χ1) is 9.51. The van der Waals surface area contributed by atoms with E-state index in [2.05, 4.69) is 0 Å². The predicted molar refractivity (Wildman–Crippen MR) is 79.1 cm³/mol. The van der Waals surface area contributed by atoms with E-state index in [4.69, 9.17) is 32.5 Å². The second-order valence-electron chi connectivity index (χ2n) is 4.52. The third kappa shape index (κ3) is 4.28. The van der Waals surface area contributed by atoms with Crippen molar-refractivity contribution in [2.24, 2.45) is 11.5 Å². The molecule has 0 heterocycles. The minimum atomic E-state index is -0.288. The molecular formula is C14H21ClN2O3. The lowest BCUT2D eigenvalue weighted by Crippen LogP contribution is -2.13. The van der Waals surface area contributed by atoms with Crippen molar-refractivity contribution >= 4 is 17.5 Å². The van der Waals surface area contributed by atoms with Crippen LogP contribution in [0.15, 0.2) is 12.1 Å². The number of benzene rings is 1. The van der Waals surface area contributed by atoms with Crippen molar-refractivity contribution < 1.29 is 14.3 Å². The van der Waals surface area contributed by atoms with Gasteiger partial charge in [0.1, 0.15) is 16.5 Å². The average molecular weight is 301 g/mol. The van der Waals surface area contributed by atoms with E-state index >= 15 is 0 Å². The van der Waals surface area contributed by atoms with Gasteiger partial charge in [-0.25, -0.2) is 0 Å². The molecule has 0 fully saturated rings. The molecule has 0 aliphatic carbocycles. The van der Waals surface area contributed by atoms with Crippen LogP contribution in [0.2, 0.25) is 5.02 Å². The van der Waals surface area contributed by atoms with Crippen LogP contribution in [-0.2, 0) is 4.79 Å². The highest BCUT2D eigenvalue weighted by Gasteiger charge is 2.17. The minimum absolute atomic E-state index is 0.207. The van der Waals surface area contributed by atoms with Gasteiger partial charge in [-0.05, 0) is 25.0 Å². The molecule has 1 rings (SSSR count). The van der Waals surface area contributed by atoms with Gasteiger partial charge in [0.25, 0.3) is 0 Å². The first-order valence-corrected chi connectivity index (χ1v) is 6.83. The number of carbonyl (C=O) groups excluding carboxylic acids is 1. The van der Waals surface area contributed by atoms with Gasteiger partial charge in [0.15, 0.2) is 0 Å². The summed E-state index contributed by atoms with van der Waals surface area (Å²) in [4.78, 5) is 10.7. The molecule has 4 N–H and O–H groups in total. The normalized spacial score (nSPS) is 12.0. The molecule has 1 aromatic rings. The number of nitrogens with two attached hydrogens (primary N) is 2. The summed E-state index contributed by atoms with van der Waals surface area (Å²) in [6, 6.07) is 3.41. The van der Waals surface area contributed by atoms with E-state index in [0.717, 1.165) is 24.8 Å². The molecule has 5 nitrogen and oxygen atoms in total. The topological polar surface area (TPSA) is 87.6 Å². The van der Waals surface area contributed by atoms with Crippen molar-refractivity contribution in [3.8, 4) is 11.5 Å². The molecule has 1 atom stereocenters. The number of halogens is 1. The van der Waals surface area contributed by atoms with Gasteiger partial charge in [0, 0.05) is 18.0 Å². The Morgan fingerprint density at radius 3 is 2.55 bits per heavy atom. The summed E-state index contributed by atoms with van der Waals surface area (Å²) >= 11 is 6.19. The summed E-state index contributed by atoms with van der Waals surface area (Å²) in [5, 5.41) is 0.417. The van der Waals surface area contributed by atoms with Gasteiger partial charge >= 0.3 is 0 Å². The molecule has 0 bridgehead atoms. The highest BCUT2D eigenvalue weighted by Crippen LogP contribution is 2.39. The van der Waals surface area contributed by atoms with Crippen LogP contribution in [0, 0.1) is 0 Å². The van der Waals surface area contributed by atoms with Crippen LogP contribution in [0.5, 0.6) is 11.5 Å². The summed E-state index contributed by atoms with van der Waals surface area (Å²) in [7, 11) is 3.09. The maximum absolute atomic E-state index is 10.7. The number of hydrogen-bond donors (Lipinski definition) is 2. The number of primary amides is 1. The van der Waals surface area contributed by atoms with Crippen LogP contribution < -0.4 is 20.9 Å². The molecule has 0 spiro atoms. The Labute approximate surface area is 124 Å². The third-order valence-electron chi connectivity index (χ3n) is 3.10. The maximum atomic E-state index is 10.7. The van der Waals surface area contributed by atoms with Crippen LogP contribution in [0.25, 0.3) is 0 Å². The highest BCUT2D eigenvalue weighted by molar-refractivity contribution is 6.33. The van der Waals surface area contributed by atoms with Crippen molar-refractivity contribution in [1.82, 2.24) is 0 Å². The van der Waals surface area contributed by atoms with Crippen molar-refractivity contribution in [2.45, 2.75) is 31.7 Å². The number of methoxy groups -OCH3 is 2. The van der Waals surface area contributed by atoms with E-state index < -0.39 is 0 Å². The van der Waals surface area contributed by atoms with Gasteiger partial charge in [-0.3, -0.25) is 4.79 Å². The number of hydrogen-bond acceptors (Lipinski definition) is 4. The Morgan fingerprint density at radius 2 is 2.00 bits per heavy atom. The van der Waals surface area contributed by atoms with E-state index in [-0.39, 0.29) is 11.9 Å². The van der Waals surface area contributed by atoms with Crippen molar-refractivity contribution in [3.05, 3.63) is 22.7 Å². The van der Waals surface area contributed by atoms with Gasteiger partial charge in [-0.2, -0.15) is 0 Å². The lowest BCUT2D eigenvalue weighted by Gasteiger charge is -2.18. The van der Waals surface area contributed by atoms with Gasteiger partial charge < -0.3 is 20.9 Å². The number of ether oxygens (including phenoxy) is 2. The van der Waals surface area contributed by atoms with Crippen molar-refractivity contribution in [3.63, 3.8) is 0 Å². The zero-order valence-electron chi connectivity index (χ0n) is 11.8. The summed E-state index contributed by atoms with van der Waals surface area (Å²) < 4.78 is 10.5. The predicted octanol–water partition coefficient (Wildman–Crippen LogP) is 2.40. The fourth-order valence-electron chi connectivity index (χ4n) is 2.03. The molecule has 0 aromatic heterocycles. The van der Waals surface area contributed by atoms with E-state index in [1.54, 1.807) is 20.3 Å². The molecule has 112 valence electrons. The first kappa shape index (κ1) is 16.6.